The van der Waals surface area contributed by atoms with Crippen molar-refractivity contribution in [2.45, 2.75) is 32.6 Å². The van der Waals surface area contributed by atoms with Crippen LogP contribution in [-0.4, -0.2) is 29.4 Å². The topological polar surface area (TPSA) is 50.2 Å². The molecule has 0 saturated heterocycles. The molecule has 1 unspecified atom stereocenters. The van der Waals surface area contributed by atoms with E-state index in [-0.39, 0.29) is 19.1 Å². The van der Waals surface area contributed by atoms with Gasteiger partial charge in [0.2, 0.25) is 0 Å². The maximum atomic E-state index is 13.5. The highest BCUT2D eigenvalue weighted by molar-refractivity contribution is 5.63. The van der Waals surface area contributed by atoms with E-state index in [0.29, 0.717) is 0 Å². The van der Waals surface area contributed by atoms with Gasteiger partial charge in [-0.25, -0.2) is 0 Å². The largest absolute Gasteiger partial charge is 0.400 e. The molecule has 0 radical (unpaired) electrons. The Labute approximate surface area is 141 Å². The minimum atomic E-state index is -3.25. The summed E-state index contributed by atoms with van der Waals surface area (Å²) in [6.45, 7) is 4.00. The Hall–Kier alpha value is -2.14. The molecule has 3 nitrogen and oxygen atoms in total. The van der Waals surface area contributed by atoms with Gasteiger partial charge in [0, 0.05) is 24.8 Å². The van der Waals surface area contributed by atoms with Crippen molar-refractivity contribution in [2.24, 2.45) is 5.92 Å². The van der Waals surface area contributed by atoms with Crippen molar-refractivity contribution in [3.8, 4) is 11.3 Å². The Balaban J connectivity index is 0.000000671. The van der Waals surface area contributed by atoms with Crippen LogP contribution in [0.3, 0.4) is 0 Å². The number of hydrogen-bond donors (Lipinski definition) is 1. The number of alkyl halides is 2. The predicted molar refractivity (Wildman–Crippen MR) is 91.1 cm³/mol. The second-order valence-corrected chi connectivity index (χ2v) is 5.10. The number of hydrogen-bond acceptors (Lipinski definition) is 3. The Kier molecular flexibility index (Phi) is 7.65. The fraction of sp³-hybridized carbons (Fsp3) is 0.368. The number of aliphatic hydroxyl groups excluding tert-OH is 1. The van der Waals surface area contributed by atoms with Gasteiger partial charge in [0.15, 0.2) is 6.29 Å². The van der Waals surface area contributed by atoms with Crippen LogP contribution >= 0.6 is 0 Å². The summed E-state index contributed by atoms with van der Waals surface area (Å²) in [6, 6.07) is 11.3. The van der Waals surface area contributed by atoms with E-state index in [1.807, 2.05) is 50.2 Å². The number of rotatable bonds is 3. The molecule has 1 aliphatic rings. The molecule has 1 aromatic carbocycles. The number of benzene rings is 1. The number of carbonyl (C=O) groups is 1. The maximum absolute atomic E-state index is 13.5. The molecular weight excluding hydrogens is 312 g/mol. The molecule has 24 heavy (non-hydrogen) atoms. The molecule has 0 amide bonds. The van der Waals surface area contributed by atoms with Crippen LogP contribution < -0.4 is 0 Å². The predicted octanol–water partition coefficient (Wildman–Crippen LogP) is 3.93. The summed E-state index contributed by atoms with van der Waals surface area (Å²) >= 11 is 0. The lowest BCUT2D eigenvalue weighted by Crippen LogP contribution is -2.30. The summed E-state index contributed by atoms with van der Waals surface area (Å²) in [6.07, 6.45) is 1.96. The first-order valence-electron chi connectivity index (χ1n) is 7.92. The summed E-state index contributed by atoms with van der Waals surface area (Å²) in [4.78, 5) is 14.7. The van der Waals surface area contributed by atoms with Gasteiger partial charge in [0.05, 0.1) is 5.69 Å². The third kappa shape index (κ3) is 4.45. The third-order valence-electron chi connectivity index (χ3n) is 3.80. The van der Waals surface area contributed by atoms with Crippen LogP contribution in [0.2, 0.25) is 0 Å². The number of carbonyl (C=O) groups excluding carboxylic acids is 1. The Morgan fingerprint density at radius 3 is 2.38 bits per heavy atom. The monoisotopic (exact) mass is 335 g/mol. The summed E-state index contributed by atoms with van der Waals surface area (Å²) in [5, 5.41) is 7.00. The minimum absolute atomic E-state index is 0.233. The quantitative estimate of drug-likeness (QED) is 0.865. The van der Waals surface area contributed by atoms with Crippen LogP contribution in [0.4, 0.5) is 8.78 Å². The lowest BCUT2D eigenvalue weighted by Gasteiger charge is -2.15. The number of aromatic nitrogens is 1. The summed E-state index contributed by atoms with van der Waals surface area (Å²) in [5.41, 5.74) is 3.52. The average molecular weight is 335 g/mol. The normalized spacial score (nSPS) is 15.3. The first-order valence-corrected chi connectivity index (χ1v) is 7.92. The van der Waals surface area contributed by atoms with E-state index in [2.05, 4.69) is 4.98 Å². The molecule has 1 N–H and O–H groups in total. The number of nitrogens with zero attached hydrogens (tertiary/aromatic N) is 1. The molecule has 0 fully saturated rings. The van der Waals surface area contributed by atoms with Gasteiger partial charge in [-0.15, -0.1) is 0 Å². The molecule has 130 valence electrons. The molecule has 1 aliphatic carbocycles. The second kappa shape index (κ2) is 9.23. The molecule has 0 saturated carbocycles. The van der Waals surface area contributed by atoms with Gasteiger partial charge in [-0.05, 0) is 42.2 Å². The van der Waals surface area contributed by atoms with Gasteiger partial charge < -0.3 is 5.11 Å². The Morgan fingerprint density at radius 1 is 1.12 bits per heavy atom. The van der Waals surface area contributed by atoms with E-state index < -0.39 is 11.8 Å². The average Bonchev–Trinajstić information content (AvgIpc) is 3.10. The van der Waals surface area contributed by atoms with Crippen molar-refractivity contribution in [1.29, 1.82) is 0 Å². The minimum Gasteiger partial charge on any atom is -0.400 e. The third-order valence-corrected chi connectivity index (χ3v) is 3.80. The zero-order chi connectivity index (χ0) is 18.2. The summed E-state index contributed by atoms with van der Waals surface area (Å²) < 4.78 is 26.9. The van der Waals surface area contributed by atoms with E-state index in [4.69, 9.17) is 5.11 Å². The number of pyridine rings is 1. The standard InChI is InChI=1S/C16H13F2NO.C2H6.CH4O/c17-16(18,10-20)14-8-11-4-5-12(7-13(11)9-14)15-3-1-2-6-19-15;2*1-2/h1-7,10,14H,8-9H2;1-2H3;2H,1H3. The summed E-state index contributed by atoms with van der Waals surface area (Å²) in [7, 11) is 1.00. The number of aliphatic hydroxyl groups is 1. The van der Waals surface area contributed by atoms with Crippen LogP contribution in [0, 0.1) is 5.92 Å². The Morgan fingerprint density at radius 2 is 1.79 bits per heavy atom. The molecule has 1 aromatic heterocycles. The lowest BCUT2D eigenvalue weighted by molar-refractivity contribution is -0.136. The van der Waals surface area contributed by atoms with E-state index in [9.17, 15) is 13.6 Å². The highest BCUT2D eigenvalue weighted by Crippen LogP contribution is 2.37. The van der Waals surface area contributed by atoms with Crippen molar-refractivity contribution >= 4 is 6.29 Å². The SMILES string of the molecule is CC.CO.O=CC(F)(F)C1Cc2ccc(-c3ccccn3)cc2C1. The second-order valence-electron chi connectivity index (χ2n) is 5.10. The van der Waals surface area contributed by atoms with Crippen LogP contribution in [0.1, 0.15) is 25.0 Å². The first kappa shape index (κ1) is 19.9. The molecule has 3 rings (SSSR count). The molecule has 1 heterocycles. The molecule has 0 bridgehead atoms. The van der Waals surface area contributed by atoms with Crippen molar-refractivity contribution in [3.63, 3.8) is 0 Å². The van der Waals surface area contributed by atoms with Crippen molar-refractivity contribution in [1.82, 2.24) is 4.98 Å². The zero-order valence-electron chi connectivity index (χ0n) is 14.2. The van der Waals surface area contributed by atoms with E-state index in [1.165, 1.54) is 0 Å². The maximum Gasteiger partial charge on any atom is 0.305 e. The molecule has 0 aliphatic heterocycles. The molecule has 2 aromatic rings. The first-order chi connectivity index (χ1) is 11.6. The highest BCUT2D eigenvalue weighted by atomic mass is 19.3. The van der Waals surface area contributed by atoms with E-state index in [1.54, 1.807) is 6.20 Å². The fourth-order valence-electron chi connectivity index (χ4n) is 2.68. The number of halogens is 2. The van der Waals surface area contributed by atoms with Crippen LogP contribution in [-0.2, 0) is 17.6 Å². The van der Waals surface area contributed by atoms with Gasteiger partial charge in [0.25, 0.3) is 0 Å². The number of fused-ring (bicyclic) bond motifs is 1. The van der Waals surface area contributed by atoms with Gasteiger partial charge in [0.1, 0.15) is 0 Å². The van der Waals surface area contributed by atoms with E-state index >= 15 is 0 Å². The van der Waals surface area contributed by atoms with Crippen LogP contribution in [0.15, 0.2) is 42.6 Å². The van der Waals surface area contributed by atoms with Crippen molar-refractivity contribution in [3.05, 3.63) is 53.7 Å². The molecule has 0 spiro atoms. The van der Waals surface area contributed by atoms with Gasteiger partial charge in [-0.3, -0.25) is 9.78 Å². The van der Waals surface area contributed by atoms with Gasteiger partial charge >= 0.3 is 5.92 Å². The van der Waals surface area contributed by atoms with Gasteiger partial charge in [-0.2, -0.15) is 8.78 Å². The zero-order valence-corrected chi connectivity index (χ0v) is 14.2. The molecular formula is C19H23F2NO2. The molecule has 5 heteroatoms. The fourth-order valence-corrected chi connectivity index (χ4v) is 2.68. The smallest absolute Gasteiger partial charge is 0.305 e. The lowest BCUT2D eigenvalue weighted by atomic mass is 9.99. The van der Waals surface area contributed by atoms with E-state index in [0.717, 1.165) is 29.5 Å². The van der Waals surface area contributed by atoms with Gasteiger partial charge in [-0.1, -0.05) is 32.0 Å². The van der Waals surface area contributed by atoms with Crippen molar-refractivity contribution in [2.75, 3.05) is 7.11 Å². The summed E-state index contributed by atoms with van der Waals surface area (Å²) in [5.74, 6) is -4.17. The van der Waals surface area contributed by atoms with Crippen LogP contribution in [0.25, 0.3) is 11.3 Å². The van der Waals surface area contributed by atoms with Crippen LogP contribution in [0.5, 0.6) is 0 Å². The molecule has 1 atom stereocenters. The Bertz CT molecular complexity index is 645. The number of aldehydes is 1. The highest BCUT2D eigenvalue weighted by Gasteiger charge is 2.42. The van der Waals surface area contributed by atoms with Crippen molar-refractivity contribution < 1.29 is 18.7 Å².